The molecule has 1 saturated heterocycles. The average Bonchev–Trinajstić information content (AvgIpc) is 3.10. The minimum Gasteiger partial charge on any atom is -0.307 e. The summed E-state index contributed by atoms with van der Waals surface area (Å²) < 4.78 is 27.3. The van der Waals surface area contributed by atoms with Gasteiger partial charge in [0.2, 0.25) is 10.0 Å². The number of anilines is 1. The molecule has 2 heterocycles. The highest BCUT2D eigenvalue weighted by molar-refractivity contribution is 7.89. The van der Waals surface area contributed by atoms with Crippen molar-refractivity contribution in [1.82, 2.24) is 14.1 Å². The van der Waals surface area contributed by atoms with E-state index in [9.17, 15) is 13.2 Å². The number of hydrogen-bond donors (Lipinski definition) is 1. The van der Waals surface area contributed by atoms with Gasteiger partial charge in [0.25, 0.3) is 5.91 Å². The van der Waals surface area contributed by atoms with Crippen LogP contribution in [0.4, 0.5) is 5.82 Å². The van der Waals surface area contributed by atoms with Crippen molar-refractivity contribution in [1.29, 1.82) is 0 Å². The van der Waals surface area contributed by atoms with Crippen molar-refractivity contribution in [3.8, 4) is 0 Å². The number of carbonyl (C=O) groups is 1. The van der Waals surface area contributed by atoms with E-state index in [2.05, 4.69) is 10.4 Å². The van der Waals surface area contributed by atoms with Gasteiger partial charge < -0.3 is 5.32 Å². The molecule has 1 N–H and O–H groups in total. The Morgan fingerprint density at radius 2 is 1.92 bits per heavy atom. The van der Waals surface area contributed by atoms with Crippen molar-refractivity contribution in [2.75, 3.05) is 24.2 Å². The lowest BCUT2D eigenvalue weighted by molar-refractivity contribution is 0.102. The highest BCUT2D eigenvalue weighted by atomic mass is 32.2. The number of carbonyl (C=O) groups excluding carboxylic acids is 1. The molecule has 0 radical (unpaired) electrons. The Bertz CT molecular complexity index is 883. The average molecular weight is 376 g/mol. The maximum absolute atomic E-state index is 12.6. The Kier molecular flexibility index (Phi) is 5.43. The van der Waals surface area contributed by atoms with Gasteiger partial charge in [0.15, 0.2) is 0 Å². The molecule has 1 amide bonds. The molecule has 0 saturated carbocycles. The summed E-state index contributed by atoms with van der Waals surface area (Å²) in [4.78, 5) is 12.6. The molecule has 1 aliphatic rings. The molecule has 3 rings (SSSR count). The van der Waals surface area contributed by atoms with Gasteiger partial charge in [0.1, 0.15) is 5.82 Å². The lowest BCUT2D eigenvalue weighted by Crippen LogP contribution is -2.40. The Labute approximate surface area is 154 Å². The number of nitrogens with one attached hydrogen (secondary N) is 1. The Balaban J connectivity index is 1.70. The minimum absolute atomic E-state index is 0.0699. The molecule has 140 valence electrons. The third-order valence-electron chi connectivity index (χ3n) is 4.83. The van der Waals surface area contributed by atoms with Crippen LogP contribution >= 0.6 is 0 Å². The van der Waals surface area contributed by atoms with Crippen molar-refractivity contribution < 1.29 is 13.2 Å². The first kappa shape index (κ1) is 18.6. The molecule has 1 aliphatic heterocycles. The van der Waals surface area contributed by atoms with Gasteiger partial charge >= 0.3 is 0 Å². The first-order valence-electron chi connectivity index (χ1n) is 8.80. The number of aromatic nitrogens is 2. The smallest absolute Gasteiger partial charge is 0.257 e. The second-order valence-electron chi connectivity index (χ2n) is 6.46. The minimum atomic E-state index is -3.15. The van der Waals surface area contributed by atoms with Crippen LogP contribution in [0.1, 0.15) is 41.7 Å². The molecule has 1 aromatic heterocycles. The normalized spacial score (nSPS) is 16.5. The van der Waals surface area contributed by atoms with Gasteiger partial charge in [-0.05, 0) is 38.3 Å². The molecular weight excluding hydrogens is 352 g/mol. The first-order valence-corrected chi connectivity index (χ1v) is 10.4. The molecule has 0 aliphatic carbocycles. The number of aryl methyl sites for hydroxylation is 1. The van der Waals surface area contributed by atoms with E-state index in [0.717, 1.165) is 5.56 Å². The molecule has 1 fully saturated rings. The zero-order chi connectivity index (χ0) is 18.7. The number of hydrogen-bond acceptors (Lipinski definition) is 4. The van der Waals surface area contributed by atoms with Crippen LogP contribution in [0.15, 0.2) is 36.5 Å². The molecule has 2 aromatic rings. The fourth-order valence-electron chi connectivity index (χ4n) is 3.26. The summed E-state index contributed by atoms with van der Waals surface area (Å²) in [5.74, 6) is 0.586. The maximum atomic E-state index is 12.6. The zero-order valence-electron chi connectivity index (χ0n) is 15.1. The lowest BCUT2D eigenvalue weighted by Gasteiger charge is -2.31. The van der Waals surface area contributed by atoms with Crippen LogP contribution in [-0.4, -0.2) is 47.3 Å². The Morgan fingerprint density at radius 1 is 1.23 bits per heavy atom. The third-order valence-corrected chi connectivity index (χ3v) is 6.71. The maximum Gasteiger partial charge on any atom is 0.257 e. The van der Waals surface area contributed by atoms with Gasteiger partial charge in [-0.2, -0.15) is 5.10 Å². The fraction of sp³-hybridized carbons (Fsp3) is 0.444. The molecule has 8 heteroatoms. The van der Waals surface area contributed by atoms with Crippen molar-refractivity contribution >= 4 is 21.7 Å². The van der Waals surface area contributed by atoms with Crippen molar-refractivity contribution in [2.45, 2.75) is 32.7 Å². The van der Waals surface area contributed by atoms with E-state index in [-0.39, 0.29) is 17.7 Å². The largest absolute Gasteiger partial charge is 0.307 e. The molecule has 7 nitrogen and oxygen atoms in total. The van der Waals surface area contributed by atoms with Gasteiger partial charge in [0, 0.05) is 24.7 Å². The number of sulfonamides is 1. The zero-order valence-corrected chi connectivity index (χ0v) is 15.9. The second kappa shape index (κ2) is 7.59. The van der Waals surface area contributed by atoms with E-state index < -0.39 is 10.0 Å². The molecule has 26 heavy (non-hydrogen) atoms. The molecule has 0 atom stereocenters. The van der Waals surface area contributed by atoms with Crippen LogP contribution in [0.3, 0.4) is 0 Å². The van der Waals surface area contributed by atoms with Crippen LogP contribution in [0.25, 0.3) is 0 Å². The summed E-state index contributed by atoms with van der Waals surface area (Å²) in [5.41, 5.74) is 1.54. The second-order valence-corrected chi connectivity index (χ2v) is 8.72. The molecule has 0 unspecified atom stereocenters. The number of benzene rings is 1. The Hall–Kier alpha value is -2.19. The van der Waals surface area contributed by atoms with Crippen LogP contribution in [0.2, 0.25) is 0 Å². The summed E-state index contributed by atoms with van der Waals surface area (Å²) in [6, 6.07) is 9.26. The SMILES string of the molecule is CCS(=O)(=O)N1CCC(n2nccc2NC(=O)c2ccccc2C)CC1. The van der Waals surface area contributed by atoms with Crippen molar-refractivity contribution in [3.05, 3.63) is 47.7 Å². The summed E-state index contributed by atoms with van der Waals surface area (Å²) in [7, 11) is -3.15. The van der Waals surface area contributed by atoms with Gasteiger partial charge in [-0.15, -0.1) is 0 Å². The summed E-state index contributed by atoms with van der Waals surface area (Å²) in [6.45, 7) is 4.52. The standard InChI is InChI=1S/C18H24N4O3S/c1-3-26(24,25)21-12-9-15(10-13-21)22-17(8-11-19-22)20-18(23)16-7-5-4-6-14(16)2/h4-8,11,15H,3,9-10,12-13H2,1-2H3,(H,20,23). The number of piperidine rings is 1. The first-order chi connectivity index (χ1) is 12.4. The van der Waals surface area contributed by atoms with Crippen molar-refractivity contribution in [2.24, 2.45) is 0 Å². The number of rotatable bonds is 5. The highest BCUT2D eigenvalue weighted by Gasteiger charge is 2.28. The lowest BCUT2D eigenvalue weighted by atomic mass is 10.1. The number of nitrogens with zero attached hydrogens (tertiary/aromatic N) is 3. The molecule has 0 bridgehead atoms. The highest BCUT2D eigenvalue weighted by Crippen LogP contribution is 2.27. The van der Waals surface area contributed by atoms with Crippen LogP contribution < -0.4 is 5.32 Å². The monoisotopic (exact) mass is 376 g/mol. The Morgan fingerprint density at radius 3 is 2.58 bits per heavy atom. The van der Waals surface area contributed by atoms with Crippen molar-refractivity contribution in [3.63, 3.8) is 0 Å². The molecule has 0 spiro atoms. The number of amides is 1. The van der Waals surface area contributed by atoms with Gasteiger partial charge in [-0.1, -0.05) is 18.2 Å². The summed E-state index contributed by atoms with van der Waals surface area (Å²) >= 11 is 0. The molecular formula is C18H24N4O3S. The fourth-order valence-corrected chi connectivity index (χ4v) is 4.40. The van der Waals surface area contributed by atoms with Crippen LogP contribution in [0, 0.1) is 6.92 Å². The summed E-state index contributed by atoms with van der Waals surface area (Å²) in [6.07, 6.45) is 3.00. The topological polar surface area (TPSA) is 84.3 Å². The van der Waals surface area contributed by atoms with Crippen LogP contribution in [-0.2, 0) is 10.0 Å². The van der Waals surface area contributed by atoms with Gasteiger partial charge in [-0.3, -0.25) is 4.79 Å². The van der Waals surface area contributed by atoms with E-state index in [1.807, 2.05) is 25.1 Å². The van der Waals surface area contributed by atoms with E-state index in [1.54, 1.807) is 34.2 Å². The third kappa shape index (κ3) is 3.81. The van der Waals surface area contributed by atoms with E-state index in [1.165, 1.54) is 0 Å². The predicted octanol–water partition coefficient (Wildman–Crippen LogP) is 2.43. The van der Waals surface area contributed by atoms with E-state index >= 15 is 0 Å². The summed E-state index contributed by atoms with van der Waals surface area (Å²) in [5, 5.41) is 7.28. The quantitative estimate of drug-likeness (QED) is 0.869. The van der Waals surface area contributed by atoms with E-state index in [4.69, 9.17) is 0 Å². The predicted molar refractivity (Wildman–Crippen MR) is 101 cm³/mol. The van der Waals surface area contributed by atoms with Gasteiger partial charge in [0.05, 0.1) is 18.0 Å². The van der Waals surface area contributed by atoms with Crippen LogP contribution in [0.5, 0.6) is 0 Å². The molecule has 1 aromatic carbocycles. The van der Waals surface area contributed by atoms with Gasteiger partial charge in [-0.25, -0.2) is 17.4 Å². The van der Waals surface area contributed by atoms with E-state index in [0.29, 0.717) is 37.3 Å².